The zero-order chi connectivity index (χ0) is 33.3. The Morgan fingerprint density at radius 2 is 1.81 bits per heavy atom. The SMILES string of the molecule is COc1cccc(C2NC(Cc3ccc([N+](=O)[O-])cc3)(C(=O)O)C3C(=O)N(CCc4scnc4C)C(=O)C23)c1OCc1ccccc1. The number of hydrogen-bond donors (Lipinski definition) is 2. The van der Waals surface area contributed by atoms with Gasteiger partial charge in [-0.3, -0.25) is 34.7 Å². The van der Waals surface area contributed by atoms with Crippen LogP contribution in [-0.2, 0) is 33.8 Å². The maximum absolute atomic E-state index is 14.3. The maximum atomic E-state index is 14.3. The molecule has 47 heavy (non-hydrogen) atoms. The summed E-state index contributed by atoms with van der Waals surface area (Å²) in [5.74, 6) is -4.03. The Morgan fingerprint density at radius 3 is 2.45 bits per heavy atom. The molecule has 0 spiro atoms. The lowest BCUT2D eigenvalue weighted by atomic mass is 9.76. The lowest BCUT2D eigenvalue weighted by molar-refractivity contribution is -0.384. The van der Waals surface area contributed by atoms with E-state index < -0.39 is 46.1 Å². The Hall–Kier alpha value is -5.14. The Morgan fingerprint density at radius 1 is 1.06 bits per heavy atom. The summed E-state index contributed by atoms with van der Waals surface area (Å²) < 4.78 is 11.9. The van der Waals surface area contributed by atoms with Crippen LogP contribution in [0.2, 0.25) is 0 Å². The molecule has 1 aromatic heterocycles. The van der Waals surface area contributed by atoms with E-state index >= 15 is 0 Å². The van der Waals surface area contributed by atoms with E-state index in [-0.39, 0.29) is 25.3 Å². The number of thiazole rings is 1. The smallest absolute Gasteiger partial charge is 0.325 e. The van der Waals surface area contributed by atoms with Gasteiger partial charge < -0.3 is 14.6 Å². The fourth-order valence-electron chi connectivity index (χ4n) is 6.64. The highest BCUT2D eigenvalue weighted by molar-refractivity contribution is 7.09. The molecule has 2 aliphatic heterocycles. The minimum Gasteiger partial charge on any atom is -0.493 e. The standard InChI is InChI=1S/C34H32N4O8S/c1-20-26(47-19-35-20)15-16-37-31(39)27-28(32(37)40)34(33(41)42,17-21-11-13-23(14-12-21)38(43)44)36-29(27)24-9-6-10-25(45-2)30(24)46-18-22-7-4-3-5-8-22/h3-14,19,27-29,36H,15-18H2,1-2H3,(H,41,42). The monoisotopic (exact) mass is 656 g/mol. The molecule has 4 unspecified atom stereocenters. The van der Waals surface area contributed by atoms with Crippen molar-refractivity contribution in [3.8, 4) is 11.5 Å². The molecule has 242 valence electrons. The van der Waals surface area contributed by atoms with Crippen molar-refractivity contribution >= 4 is 34.8 Å². The minimum absolute atomic E-state index is 0.0725. The largest absolute Gasteiger partial charge is 0.493 e. The molecule has 13 heteroatoms. The van der Waals surface area contributed by atoms with Gasteiger partial charge in [0.1, 0.15) is 12.1 Å². The van der Waals surface area contributed by atoms with Gasteiger partial charge in [-0.15, -0.1) is 11.3 Å². The number of ether oxygens (including phenoxy) is 2. The second kappa shape index (κ2) is 12.9. The molecule has 0 bridgehead atoms. The number of fused-ring (bicyclic) bond motifs is 1. The van der Waals surface area contributed by atoms with E-state index in [9.17, 15) is 29.6 Å². The van der Waals surface area contributed by atoms with Crippen LogP contribution in [0.15, 0.2) is 78.3 Å². The molecule has 0 saturated carbocycles. The van der Waals surface area contributed by atoms with Gasteiger partial charge in [-0.05, 0) is 24.1 Å². The fraction of sp³-hybridized carbons (Fsp3) is 0.294. The number of non-ortho nitro benzene ring substituents is 1. The van der Waals surface area contributed by atoms with Crippen LogP contribution in [0, 0.1) is 28.9 Å². The molecule has 3 heterocycles. The van der Waals surface area contributed by atoms with Crippen LogP contribution in [0.1, 0.15) is 33.3 Å². The van der Waals surface area contributed by atoms with Gasteiger partial charge in [0, 0.05) is 48.0 Å². The van der Waals surface area contributed by atoms with Gasteiger partial charge in [0.2, 0.25) is 11.8 Å². The summed E-state index contributed by atoms with van der Waals surface area (Å²) in [6, 6.07) is 19.2. The van der Waals surface area contributed by atoms with E-state index in [1.54, 1.807) is 23.7 Å². The fourth-order valence-corrected chi connectivity index (χ4v) is 7.42. The van der Waals surface area contributed by atoms with E-state index in [0.29, 0.717) is 29.0 Å². The second-order valence-corrected chi connectivity index (χ2v) is 12.5. The number of aromatic nitrogens is 1. The average molecular weight is 657 g/mol. The molecule has 2 aliphatic rings. The Labute approximate surface area is 274 Å². The van der Waals surface area contributed by atoms with Crippen molar-refractivity contribution in [3.05, 3.63) is 116 Å². The van der Waals surface area contributed by atoms with E-state index in [0.717, 1.165) is 16.1 Å². The van der Waals surface area contributed by atoms with Gasteiger partial charge in [-0.2, -0.15) is 0 Å². The Balaban J connectivity index is 1.43. The highest BCUT2D eigenvalue weighted by atomic mass is 32.1. The molecular formula is C34H32N4O8S. The summed E-state index contributed by atoms with van der Waals surface area (Å²) in [4.78, 5) is 59.0. The van der Waals surface area contributed by atoms with Gasteiger partial charge in [0.05, 0.1) is 35.1 Å². The number of nitrogens with zero attached hydrogens (tertiary/aromatic N) is 3. The van der Waals surface area contributed by atoms with Crippen molar-refractivity contribution < 1.29 is 33.9 Å². The number of aliphatic carboxylic acids is 1. The van der Waals surface area contributed by atoms with Crippen molar-refractivity contribution in [1.29, 1.82) is 0 Å². The van der Waals surface area contributed by atoms with Gasteiger partial charge in [0.25, 0.3) is 5.69 Å². The van der Waals surface area contributed by atoms with Crippen molar-refractivity contribution in [2.75, 3.05) is 13.7 Å². The van der Waals surface area contributed by atoms with E-state index in [2.05, 4.69) is 10.3 Å². The summed E-state index contributed by atoms with van der Waals surface area (Å²) in [5, 5.41) is 25.4. The van der Waals surface area contributed by atoms with Crippen molar-refractivity contribution in [2.24, 2.45) is 11.8 Å². The van der Waals surface area contributed by atoms with Crippen LogP contribution in [0.3, 0.4) is 0 Å². The highest BCUT2D eigenvalue weighted by Gasteiger charge is 2.68. The first-order chi connectivity index (χ1) is 22.6. The van der Waals surface area contributed by atoms with E-state index in [1.165, 1.54) is 47.6 Å². The van der Waals surface area contributed by atoms with Gasteiger partial charge in [0.15, 0.2) is 11.5 Å². The number of likely N-dealkylation sites (tertiary alicyclic amines) is 1. The average Bonchev–Trinajstić information content (AvgIpc) is 3.72. The predicted molar refractivity (Wildman–Crippen MR) is 171 cm³/mol. The number of imide groups is 1. The van der Waals surface area contributed by atoms with E-state index in [4.69, 9.17) is 9.47 Å². The number of carboxylic acid groups (broad SMARTS) is 1. The van der Waals surface area contributed by atoms with Crippen molar-refractivity contribution in [2.45, 2.75) is 38.0 Å². The molecule has 0 radical (unpaired) electrons. The lowest BCUT2D eigenvalue weighted by Crippen LogP contribution is -2.57. The zero-order valence-corrected chi connectivity index (χ0v) is 26.4. The van der Waals surface area contributed by atoms with Crippen LogP contribution >= 0.6 is 11.3 Å². The molecule has 2 amide bonds. The molecule has 2 N–H and O–H groups in total. The zero-order valence-electron chi connectivity index (χ0n) is 25.6. The number of methoxy groups -OCH3 is 1. The number of carbonyl (C=O) groups excluding carboxylic acids is 2. The number of rotatable bonds is 12. The van der Waals surface area contributed by atoms with Gasteiger partial charge in [-0.1, -0.05) is 54.6 Å². The third-order valence-electron chi connectivity index (χ3n) is 8.95. The molecule has 2 fully saturated rings. The quantitative estimate of drug-likeness (QED) is 0.126. The van der Waals surface area contributed by atoms with E-state index in [1.807, 2.05) is 37.3 Å². The number of hydrogen-bond acceptors (Lipinski definition) is 10. The third kappa shape index (κ3) is 5.83. The number of carbonyl (C=O) groups is 3. The molecule has 12 nitrogen and oxygen atoms in total. The number of aryl methyl sites for hydroxylation is 1. The topological polar surface area (TPSA) is 161 Å². The first kappa shape index (κ1) is 31.8. The van der Waals surface area contributed by atoms with Crippen molar-refractivity contribution in [1.82, 2.24) is 15.2 Å². The summed E-state index contributed by atoms with van der Waals surface area (Å²) >= 11 is 1.43. The third-order valence-corrected chi connectivity index (χ3v) is 9.95. The van der Waals surface area contributed by atoms with Gasteiger partial charge in [-0.25, -0.2) is 4.98 Å². The van der Waals surface area contributed by atoms with Gasteiger partial charge >= 0.3 is 5.97 Å². The first-order valence-electron chi connectivity index (χ1n) is 15.0. The Bertz CT molecular complexity index is 1830. The van der Waals surface area contributed by atoms with Crippen LogP contribution in [-0.4, -0.2) is 56.9 Å². The second-order valence-electron chi connectivity index (χ2n) is 11.6. The summed E-state index contributed by atoms with van der Waals surface area (Å²) in [7, 11) is 1.49. The number of benzene rings is 3. The molecule has 0 aliphatic carbocycles. The van der Waals surface area contributed by atoms with Crippen LogP contribution < -0.4 is 14.8 Å². The summed E-state index contributed by atoms with van der Waals surface area (Å²) in [6.45, 7) is 2.10. The number of amides is 2. The van der Waals surface area contributed by atoms with Crippen LogP contribution in [0.5, 0.6) is 11.5 Å². The normalized spacial score (nSPS) is 21.9. The van der Waals surface area contributed by atoms with Crippen LogP contribution in [0.4, 0.5) is 5.69 Å². The maximum Gasteiger partial charge on any atom is 0.325 e. The number of carboxylic acids is 1. The number of para-hydroxylation sites is 1. The molecule has 6 rings (SSSR count). The number of nitro groups is 1. The molecule has 2 saturated heterocycles. The minimum atomic E-state index is -1.92. The molecule has 3 aromatic carbocycles. The molecular weight excluding hydrogens is 624 g/mol. The summed E-state index contributed by atoms with van der Waals surface area (Å²) in [5.41, 5.74) is 2.25. The molecule has 4 aromatic rings. The molecule has 4 atom stereocenters. The van der Waals surface area contributed by atoms with Crippen molar-refractivity contribution in [3.63, 3.8) is 0 Å². The summed E-state index contributed by atoms with van der Waals surface area (Å²) in [6.07, 6.45) is 0.182. The Kier molecular flexibility index (Phi) is 8.76. The number of nitro benzene ring substituents is 1. The highest BCUT2D eigenvalue weighted by Crippen LogP contribution is 2.52. The first-order valence-corrected chi connectivity index (χ1v) is 15.8. The number of nitrogens with one attached hydrogen (secondary N) is 1. The predicted octanol–water partition coefficient (Wildman–Crippen LogP) is 4.50. The van der Waals surface area contributed by atoms with Crippen LogP contribution in [0.25, 0.3) is 0 Å². The lowest BCUT2D eigenvalue weighted by Gasteiger charge is -2.31.